The zero-order valence-electron chi connectivity index (χ0n) is 16.0. The number of ether oxygens (including phenoxy) is 1. The van der Waals surface area contributed by atoms with Crippen LogP contribution in [0.25, 0.3) is 0 Å². The molecule has 2 fully saturated rings. The molecule has 0 bridgehead atoms. The van der Waals surface area contributed by atoms with E-state index in [0.717, 1.165) is 50.8 Å². The Hall–Kier alpha value is -1.07. The molecule has 1 aromatic rings. The van der Waals surface area contributed by atoms with E-state index in [1.165, 1.54) is 12.1 Å². The Morgan fingerprint density at radius 1 is 1.15 bits per heavy atom. The molecule has 2 nitrogen and oxygen atoms in total. The summed E-state index contributed by atoms with van der Waals surface area (Å²) >= 11 is 0. The van der Waals surface area contributed by atoms with Crippen molar-refractivity contribution in [3.63, 3.8) is 0 Å². The molecule has 1 N–H and O–H groups in total. The standard InChI is InChI=1S/C21H30F3NO/c1-19(2)14-18(9-12-26-19)25-11-10-20(3,15-7-8-15)16-5-4-6-17(13-16)21(22,23)24/h4-6,13,15,18,25H,7-12,14H2,1-3H3/t18-,20+/m1/s1. The average Bonchev–Trinajstić information content (AvgIpc) is 3.38. The summed E-state index contributed by atoms with van der Waals surface area (Å²) in [5.41, 5.74) is -0.0175. The van der Waals surface area contributed by atoms with Crippen molar-refractivity contribution in [3.8, 4) is 0 Å². The lowest BCUT2D eigenvalue weighted by atomic mass is 9.74. The third-order valence-corrected chi connectivity index (χ3v) is 6.10. The Bertz CT molecular complexity index is 624. The zero-order valence-corrected chi connectivity index (χ0v) is 16.0. The fourth-order valence-electron chi connectivity index (χ4n) is 4.30. The minimum atomic E-state index is -4.29. The molecule has 2 atom stereocenters. The van der Waals surface area contributed by atoms with E-state index in [0.29, 0.717) is 12.0 Å². The predicted molar refractivity (Wildman–Crippen MR) is 97.2 cm³/mol. The van der Waals surface area contributed by atoms with Gasteiger partial charge >= 0.3 is 6.18 Å². The maximum Gasteiger partial charge on any atom is 0.416 e. The summed E-state index contributed by atoms with van der Waals surface area (Å²) in [5, 5.41) is 3.63. The Labute approximate surface area is 154 Å². The quantitative estimate of drug-likeness (QED) is 0.734. The van der Waals surface area contributed by atoms with Gasteiger partial charge in [0, 0.05) is 12.6 Å². The normalized spacial score (nSPS) is 25.7. The summed E-state index contributed by atoms with van der Waals surface area (Å²) in [6.45, 7) is 7.94. The molecule has 0 aromatic heterocycles. The highest BCUT2D eigenvalue weighted by Crippen LogP contribution is 2.49. The highest BCUT2D eigenvalue weighted by atomic mass is 19.4. The summed E-state index contributed by atoms with van der Waals surface area (Å²) in [5.74, 6) is 0.485. The van der Waals surface area contributed by atoms with Gasteiger partial charge < -0.3 is 10.1 Å². The molecule has 3 rings (SSSR count). The second kappa shape index (κ2) is 7.16. The van der Waals surface area contributed by atoms with E-state index < -0.39 is 11.7 Å². The van der Waals surface area contributed by atoms with Crippen molar-refractivity contribution in [1.29, 1.82) is 0 Å². The molecule has 1 aromatic carbocycles. The third kappa shape index (κ3) is 4.61. The van der Waals surface area contributed by atoms with Gasteiger partial charge in [-0.25, -0.2) is 0 Å². The molecule has 26 heavy (non-hydrogen) atoms. The molecule has 5 heteroatoms. The summed E-state index contributed by atoms with van der Waals surface area (Å²) < 4.78 is 45.1. The molecule has 0 spiro atoms. The maximum absolute atomic E-state index is 13.1. The fraction of sp³-hybridized carbons (Fsp3) is 0.714. The van der Waals surface area contributed by atoms with Crippen LogP contribution in [0, 0.1) is 5.92 Å². The van der Waals surface area contributed by atoms with Crippen molar-refractivity contribution in [2.24, 2.45) is 5.92 Å². The van der Waals surface area contributed by atoms with Crippen LogP contribution in [0.5, 0.6) is 0 Å². The van der Waals surface area contributed by atoms with Crippen molar-refractivity contribution in [2.75, 3.05) is 13.2 Å². The molecule has 2 aliphatic rings. The Balaban J connectivity index is 1.67. The smallest absolute Gasteiger partial charge is 0.375 e. The van der Waals surface area contributed by atoms with E-state index in [1.807, 2.05) is 6.07 Å². The van der Waals surface area contributed by atoms with Gasteiger partial charge in [-0.15, -0.1) is 0 Å². The van der Waals surface area contributed by atoms with Gasteiger partial charge in [0.2, 0.25) is 0 Å². The van der Waals surface area contributed by atoms with Crippen LogP contribution in [0.3, 0.4) is 0 Å². The lowest BCUT2D eigenvalue weighted by Gasteiger charge is -2.37. The molecule has 1 aliphatic heterocycles. The van der Waals surface area contributed by atoms with Gasteiger partial charge in [0.05, 0.1) is 11.2 Å². The van der Waals surface area contributed by atoms with Gasteiger partial charge in [-0.3, -0.25) is 0 Å². The molecular formula is C21H30F3NO. The summed E-state index contributed by atoms with van der Waals surface area (Å²) in [6, 6.07) is 6.36. The second-order valence-corrected chi connectivity index (χ2v) is 8.77. The number of rotatable bonds is 6. The third-order valence-electron chi connectivity index (χ3n) is 6.10. The first-order valence-corrected chi connectivity index (χ1v) is 9.65. The van der Waals surface area contributed by atoms with Crippen molar-refractivity contribution in [3.05, 3.63) is 35.4 Å². The number of alkyl halides is 3. The molecule has 1 saturated carbocycles. The SMILES string of the molecule is CC1(C)C[C@H](NCC[C@](C)(c2cccc(C(F)(F)F)c2)C2CC2)CCO1. The highest BCUT2D eigenvalue weighted by Gasteiger charge is 2.43. The van der Waals surface area contributed by atoms with Crippen molar-refractivity contribution in [1.82, 2.24) is 5.32 Å². The highest BCUT2D eigenvalue weighted by molar-refractivity contribution is 5.33. The Morgan fingerprint density at radius 2 is 1.85 bits per heavy atom. The molecule has 1 aliphatic carbocycles. The number of nitrogens with one attached hydrogen (secondary N) is 1. The predicted octanol–water partition coefficient (Wildman–Crippen LogP) is 5.31. The Morgan fingerprint density at radius 3 is 2.46 bits per heavy atom. The number of benzene rings is 1. The first-order chi connectivity index (χ1) is 12.1. The van der Waals surface area contributed by atoms with Crippen LogP contribution in [-0.4, -0.2) is 24.8 Å². The summed E-state index contributed by atoms with van der Waals surface area (Å²) in [6.07, 6.45) is 0.751. The van der Waals surface area contributed by atoms with Crippen LogP contribution < -0.4 is 5.32 Å². The lowest BCUT2D eigenvalue weighted by molar-refractivity contribution is -0.137. The van der Waals surface area contributed by atoms with Crippen LogP contribution in [0.4, 0.5) is 13.2 Å². The number of hydrogen-bond acceptors (Lipinski definition) is 2. The van der Waals surface area contributed by atoms with Crippen molar-refractivity contribution >= 4 is 0 Å². The summed E-state index contributed by atoms with van der Waals surface area (Å²) in [7, 11) is 0. The molecule has 0 amide bonds. The van der Waals surface area contributed by atoms with Crippen molar-refractivity contribution < 1.29 is 17.9 Å². The number of halogens is 3. The van der Waals surface area contributed by atoms with E-state index in [4.69, 9.17) is 4.74 Å². The maximum atomic E-state index is 13.1. The lowest BCUT2D eigenvalue weighted by Crippen LogP contribution is -2.45. The van der Waals surface area contributed by atoms with Crippen LogP contribution in [0.15, 0.2) is 24.3 Å². The molecule has 0 unspecified atom stereocenters. The van der Waals surface area contributed by atoms with Gasteiger partial charge in [-0.2, -0.15) is 13.2 Å². The van der Waals surface area contributed by atoms with E-state index in [2.05, 4.69) is 26.1 Å². The minimum Gasteiger partial charge on any atom is -0.375 e. The zero-order chi connectivity index (χ0) is 19.0. The first-order valence-electron chi connectivity index (χ1n) is 9.65. The van der Waals surface area contributed by atoms with E-state index in [9.17, 15) is 13.2 Å². The first kappa shape index (κ1) is 19.7. The monoisotopic (exact) mass is 369 g/mol. The Kier molecular flexibility index (Phi) is 5.42. The van der Waals surface area contributed by atoms with E-state index in [1.54, 1.807) is 6.07 Å². The average molecular weight is 369 g/mol. The van der Waals surface area contributed by atoms with Crippen LogP contribution in [0.2, 0.25) is 0 Å². The molecule has 0 radical (unpaired) electrons. The van der Waals surface area contributed by atoms with Gasteiger partial charge in [-0.1, -0.05) is 25.1 Å². The minimum absolute atomic E-state index is 0.100. The van der Waals surface area contributed by atoms with Gasteiger partial charge in [-0.05, 0) is 75.5 Å². The van der Waals surface area contributed by atoms with E-state index >= 15 is 0 Å². The van der Waals surface area contributed by atoms with Crippen molar-refractivity contribution in [2.45, 2.75) is 76.1 Å². The molecule has 1 heterocycles. The van der Waals surface area contributed by atoms with Gasteiger partial charge in [0.15, 0.2) is 0 Å². The largest absolute Gasteiger partial charge is 0.416 e. The number of hydrogen-bond donors (Lipinski definition) is 1. The van der Waals surface area contributed by atoms with Crippen LogP contribution >= 0.6 is 0 Å². The van der Waals surface area contributed by atoms with E-state index in [-0.39, 0.29) is 11.0 Å². The fourth-order valence-corrected chi connectivity index (χ4v) is 4.30. The van der Waals surface area contributed by atoms with Gasteiger partial charge in [0.25, 0.3) is 0 Å². The van der Waals surface area contributed by atoms with Crippen LogP contribution in [0.1, 0.15) is 64.0 Å². The molecule has 1 saturated heterocycles. The van der Waals surface area contributed by atoms with Crippen LogP contribution in [-0.2, 0) is 16.3 Å². The molecular weight excluding hydrogens is 339 g/mol. The molecule has 146 valence electrons. The topological polar surface area (TPSA) is 21.3 Å². The second-order valence-electron chi connectivity index (χ2n) is 8.77. The van der Waals surface area contributed by atoms with Gasteiger partial charge in [0.1, 0.15) is 0 Å². The summed E-state index contributed by atoms with van der Waals surface area (Å²) in [4.78, 5) is 0.